The summed E-state index contributed by atoms with van der Waals surface area (Å²) in [6.45, 7) is 1.94. The Labute approximate surface area is 133 Å². The number of para-hydroxylation sites is 1. The van der Waals surface area contributed by atoms with Gasteiger partial charge in [-0.2, -0.15) is 0 Å². The average Bonchev–Trinajstić information content (AvgIpc) is 3.02. The molecule has 3 rings (SSSR count). The summed E-state index contributed by atoms with van der Waals surface area (Å²) in [6, 6.07) is 13.9. The molecule has 4 nitrogen and oxygen atoms in total. The third-order valence-corrected chi connectivity index (χ3v) is 5.39. The second-order valence-corrected chi connectivity index (χ2v) is 7.36. The van der Waals surface area contributed by atoms with Crippen molar-refractivity contribution in [2.24, 2.45) is 0 Å². The maximum Gasteiger partial charge on any atom is 0.261 e. The highest BCUT2D eigenvalue weighted by molar-refractivity contribution is 7.92. The van der Waals surface area contributed by atoms with E-state index in [1.807, 2.05) is 18.4 Å². The first-order valence-electron chi connectivity index (χ1n) is 6.65. The lowest BCUT2D eigenvalue weighted by Crippen LogP contribution is -2.13. The smallest absolute Gasteiger partial charge is 0.261 e. The minimum atomic E-state index is -3.62. The van der Waals surface area contributed by atoms with Gasteiger partial charge in [-0.3, -0.25) is 4.72 Å². The molecule has 2 aromatic carbocycles. The molecule has 0 aliphatic rings. The second-order valence-electron chi connectivity index (χ2n) is 4.79. The highest BCUT2D eigenvalue weighted by Crippen LogP contribution is 2.28. The molecule has 6 heteroatoms. The lowest BCUT2D eigenvalue weighted by molar-refractivity contribution is 0.601. The van der Waals surface area contributed by atoms with Crippen molar-refractivity contribution in [2.75, 3.05) is 4.72 Å². The van der Waals surface area contributed by atoms with Crippen LogP contribution in [-0.2, 0) is 10.0 Å². The van der Waals surface area contributed by atoms with Crippen LogP contribution in [0.1, 0.15) is 5.56 Å². The largest absolute Gasteiger partial charge is 0.280 e. The van der Waals surface area contributed by atoms with E-state index in [2.05, 4.69) is 9.71 Å². The monoisotopic (exact) mass is 330 g/mol. The van der Waals surface area contributed by atoms with Gasteiger partial charge in [-0.1, -0.05) is 24.3 Å². The average molecular weight is 330 g/mol. The van der Waals surface area contributed by atoms with Gasteiger partial charge >= 0.3 is 0 Å². The maximum absolute atomic E-state index is 12.5. The fourth-order valence-corrected chi connectivity index (χ4v) is 3.88. The standard InChI is InChI=1S/C16H14N2O2S2/c1-12-7-8-14(11-15(12)16-17-9-10-21-16)22(19,20)18-13-5-3-2-4-6-13/h2-11,18H,1H3. The zero-order chi connectivity index (χ0) is 15.6. The van der Waals surface area contributed by atoms with E-state index in [-0.39, 0.29) is 4.90 Å². The molecule has 0 aliphatic carbocycles. The molecule has 0 spiro atoms. The minimum absolute atomic E-state index is 0.229. The van der Waals surface area contributed by atoms with E-state index in [4.69, 9.17) is 0 Å². The molecule has 0 unspecified atom stereocenters. The van der Waals surface area contributed by atoms with E-state index in [9.17, 15) is 8.42 Å². The number of rotatable bonds is 4. The van der Waals surface area contributed by atoms with Crippen LogP contribution in [0.15, 0.2) is 65.0 Å². The topological polar surface area (TPSA) is 59.1 Å². The number of sulfonamides is 1. The van der Waals surface area contributed by atoms with Gasteiger partial charge in [0.25, 0.3) is 10.0 Å². The Morgan fingerprint density at radius 1 is 1.09 bits per heavy atom. The summed E-state index contributed by atoms with van der Waals surface area (Å²) in [7, 11) is -3.62. The number of hydrogen-bond donors (Lipinski definition) is 1. The van der Waals surface area contributed by atoms with Crippen LogP contribution in [0.3, 0.4) is 0 Å². The predicted molar refractivity (Wildman–Crippen MR) is 89.5 cm³/mol. The zero-order valence-electron chi connectivity index (χ0n) is 11.9. The molecular weight excluding hydrogens is 316 g/mol. The van der Waals surface area contributed by atoms with Crippen LogP contribution >= 0.6 is 11.3 Å². The Kier molecular flexibility index (Phi) is 3.96. The van der Waals surface area contributed by atoms with Crippen molar-refractivity contribution in [1.29, 1.82) is 0 Å². The molecule has 3 aromatic rings. The third-order valence-electron chi connectivity index (χ3n) is 3.21. The molecule has 1 N–H and O–H groups in total. The van der Waals surface area contributed by atoms with E-state index in [0.29, 0.717) is 5.69 Å². The van der Waals surface area contributed by atoms with E-state index < -0.39 is 10.0 Å². The summed E-state index contributed by atoms with van der Waals surface area (Å²) in [4.78, 5) is 4.49. The quantitative estimate of drug-likeness (QED) is 0.789. The van der Waals surface area contributed by atoms with Crippen LogP contribution in [0.2, 0.25) is 0 Å². The van der Waals surface area contributed by atoms with Crippen molar-refractivity contribution in [3.05, 3.63) is 65.7 Å². The lowest BCUT2D eigenvalue weighted by atomic mass is 10.1. The summed E-state index contributed by atoms with van der Waals surface area (Å²) >= 11 is 1.49. The number of aromatic nitrogens is 1. The second kappa shape index (κ2) is 5.90. The van der Waals surface area contributed by atoms with Crippen LogP contribution in [0, 0.1) is 6.92 Å². The highest BCUT2D eigenvalue weighted by Gasteiger charge is 2.16. The first-order valence-corrected chi connectivity index (χ1v) is 9.01. The summed E-state index contributed by atoms with van der Waals surface area (Å²) in [6.07, 6.45) is 1.71. The zero-order valence-corrected chi connectivity index (χ0v) is 13.5. The van der Waals surface area contributed by atoms with Crippen LogP contribution < -0.4 is 4.72 Å². The van der Waals surface area contributed by atoms with Gasteiger partial charge in [0.15, 0.2) is 0 Å². The molecule has 1 heterocycles. The molecule has 0 fully saturated rings. The summed E-state index contributed by atoms with van der Waals surface area (Å²) in [5, 5.41) is 2.69. The van der Waals surface area contributed by atoms with Crippen LogP contribution in [-0.4, -0.2) is 13.4 Å². The highest BCUT2D eigenvalue weighted by atomic mass is 32.2. The Bertz CT molecular complexity index is 874. The number of nitrogens with zero attached hydrogens (tertiary/aromatic N) is 1. The Morgan fingerprint density at radius 2 is 1.86 bits per heavy atom. The predicted octanol–water partition coefficient (Wildman–Crippen LogP) is 3.92. The van der Waals surface area contributed by atoms with E-state index in [1.165, 1.54) is 11.3 Å². The molecule has 0 saturated heterocycles. The molecule has 1 aromatic heterocycles. The minimum Gasteiger partial charge on any atom is -0.280 e. The normalized spacial score (nSPS) is 11.3. The fourth-order valence-electron chi connectivity index (χ4n) is 2.08. The van der Waals surface area contributed by atoms with Crippen LogP contribution in [0.4, 0.5) is 5.69 Å². The molecule has 0 aliphatic heterocycles. The van der Waals surface area contributed by atoms with E-state index >= 15 is 0 Å². The Morgan fingerprint density at radius 3 is 2.55 bits per heavy atom. The number of benzene rings is 2. The SMILES string of the molecule is Cc1ccc(S(=O)(=O)Nc2ccccc2)cc1-c1nccs1. The van der Waals surface area contributed by atoms with Gasteiger partial charge < -0.3 is 0 Å². The first-order chi connectivity index (χ1) is 10.6. The number of aryl methyl sites for hydroxylation is 1. The van der Waals surface area contributed by atoms with E-state index in [0.717, 1.165) is 16.1 Å². The van der Waals surface area contributed by atoms with Gasteiger partial charge in [0.2, 0.25) is 0 Å². The van der Waals surface area contributed by atoms with Gasteiger partial charge in [-0.25, -0.2) is 13.4 Å². The Balaban J connectivity index is 1.99. The van der Waals surface area contributed by atoms with Crippen molar-refractivity contribution < 1.29 is 8.42 Å². The van der Waals surface area contributed by atoms with Gasteiger partial charge in [0.1, 0.15) is 5.01 Å². The van der Waals surface area contributed by atoms with Gasteiger partial charge in [0.05, 0.1) is 4.90 Å². The molecule has 0 atom stereocenters. The summed E-state index contributed by atoms with van der Waals surface area (Å²) in [5.74, 6) is 0. The molecule has 112 valence electrons. The molecule has 0 bridgehead atoms. The first kappa shape index (κ1) is 14.7. The van der Waals surface area contributed by atoms with Gasteiger partial charge in [-0.05, 0) is 36.8 Å². The lowest BCUT2D eigenvalue weighted by Gasteiger charge is -2.10. The molecular formula is C16H14N2O2S2. The number of hydrogen-bond acceptors (Lipinski definition) is 4. The van der Waals surface area contributed by atoms with Crippen molar-refractivity contribution in [2.45, 2.75) is 11.8 Å². The van der Waals surface area contributed by atoms with Crippen molar-refractivity contribution in [3.63, 3.8) is 0 Å². The summed E-state index contributed by atoms with van der Waals surface area (Å²) in [5.41, 5.74) is 2.37. The van der Waals surface area contributed by atoms with Crippen molar-refractivity contribution in [1.82, 2.24) is 4.98 Å². The van der Waals surface area contributed by atoms with E-state index in [1.54, 1.807) is 48.7 Å². The fraction of sp³-hybridized carbons (Fsp3) is 0.0625. The molecule has 22 heavy (non-hydrogen) atoms. The molecule has 0 amide bonds. The van der Waals surface area contributed by atoms with Crippen molar-refractivity contribution in [3.8, 4) is 10.6 Å². The Hall–Kier alpha value is -2.18. The number of anilines is 1. The van der Waals surface area contributed by atoms with Crippen LogP contribution in [0.25, 0.3) is 10.6 Å². The summed E-state index contributed by atoms with van der Waals surface area (Å²) < 4.78 is 27.6. The third kappa shape index (κ3) is 3.03. The maximum atomic E-state index is 12.5. The van der Waals surface area contributed by atoms with Crippen molar-refractivity contribution >= 4 is 27.0 Å². The van der Waals surface area contributed by atoms with Crippen LogP contribution in [0.5, 0.6) is 0 Å². The van der Waals surface area contributed by atoms with Gasteiger partial charge in [0, 0.05) is 22.8 Å². The number of nitrogens with one attached hydrogen (secondary N) is 1. The van der Waals surface area contributed by atoms with Gasteiger partial charge in [-0.15, -0.1) is 11.3 Å². The molecule has 0 radical (unpaired) electrons. The number of thiazole rings is 1. The molecule has 0 saturated carbocycles.